The van der Waals surface area contributed by atoms with E-state index in [4.69, 9.17) is 4.74 Å². The average molecular weight is 320 g/mol. The molecule has 7 heteroatoms. The van der Waals surface area contributed by atoms with Crippen LogP contribution in [0.25, 0.3) is 0 Å². The van der Waals surface area contributed by atoms with Crippen molar-refractivity contribution in [2.45, 2.75) is 31.0 Å². The SMILES string of the molecule is COC(=O)CC(C)SCc1ccc(OC(F)F)c(OC)c1. The first kappa shape index (κ1) is 17.6. The van der Waals surface area contributed by atoms with Gasteiger partial charge in [-0.05, 0) is 17.7 Å². The van der Waals surface area contributed by atoms with Crippen LogP contribution in [-0.4, -0.2) is 32.1 Å². The van der Waals surface area contributed by atoms with Crippen LogP contribution in [0.5, 0.6) is 11.5 Å². The van der Waals surface area contributed by atoms with Gasteiger partial charge in [0, 0.05) is 11.0 Å². The molecule has 1 rings (SSSR count). The maximum absolute atomic E-state index is 12.2. The van der Waals surface area contributed by atoms with Crippen molar-refractivity contribution >= 4 is 17.7 Å². The summed E-state index contributed by atoms with van der Waals surface area (Å²) in [6.45, 7) is -0.966. The molecule has 1 aromatic rings. The number of thioether (sulfide) groups is 1. The summed E-state index contributed by atoms with van der Waals surface area (Å²) >= 11 is 1.57. The van der Waals surface area contributed by atoms with Gasteiger partial charge >= 0.3 is 12.6 Å². The minimum atomic E-state index is -2.89. The Balaban J connectivity index is 2.62. The van der Waals surface area contributed by atoms with Crippen molar-refractivity contribution in [1.29, 1.82) is 0 Å². The number of halogens is 2. The van der Waals surface area contributed by atoms with E-state index in [1.807, 2.05) is 6.92 Å². The Morgan fingerprint density at radius 2 is 2.00 bits per heavy atom. The van der Waals surface area contributed by atoms with Crippen molar-refractivity contribution in [3.8, 4) is 11.5 Å². The van der Waals surface area contributed by atoms with Crippen LogP contribution in [0.15, 0.2) is 18.2 Å². The fourth-order valence-electron chi connectivity index (χ4n) is 1.61. The van der Waals surface area contributed by atoms with E-state index < -0.39 is 6.61 Å². The number of methoxy groups -OCH3 is 2. The summed E-state index contributed by atoms with van der Waals surface area (Å²) in [5.74, 6) is 0.634. The van der Waals surface area contributed by atoms with Gasteiger partial charge < -0.3 is 14.2 Å². The second-order valence-corrected chi connectivity index (χ2v) is 5.69. The third-order valence-electron chi connectivity index (χ3n) is 2.66. The Bertz CT molecular complexity index is 468. The zero-order chi connectivity index (χ0) is 15.8. The van der Waals surface area contributed by atoms with Crippen LogP contribution in [0.1, 0.15) is 18.9 Å². The van der Waals surface area contributed by atoms with Gasteiger partial charge in [0.1, 0.15) is 0 Å². The summed E-state index contributed by atoms with van der Waals surface area (Å²) in [6.07, 6.45) is 0.324. The van der Waals surface area contributed by atoms with Crippen LogP contribution in [0.3, 0.4) is 0 Å². The maximum Gasteiger partial charge on any atom is 0.387 e. The summed E-state index contributed by atoms with van der Waals surface area (Å²) in [5.41, 5.74) is 0.898. The molecular weight excluding hydrogens is 302 g/mol. The molecule has 0 heterocycles. The number of esters is 1. The minimum absolute atomic E-state index is 0.00357. The molecular formula is C14H18F2O4S. The van der Waals surface area contributed by atoms with Crippen molar-refractivity contribution in [3.63, 3.8) is 0 Å². The molecule has 4 nitrogen and oxygen atoms in total. The summed E-state index contributed by atoms with van der Waals surface area (Å²) in [6, 6.07) is 4.79. The third kappa shape index (κ3) is 6.20. The minimum Gasteiger partial charge on any atom is -0.493 e. The molecule has 0 fully saturated rings. The zero-order valence-electron chi connectivity index (χ0n) is 12.1. The van der Waals surface area contributed by atoms with Gasteiger partial charge in [0.25, 0.3) is 0 Å². The predicted octanol–water partition coefficient (Wildman–Crippen LogP) is 3.48. The molecule has 0 spiro atoms. The Morgan fingerprint density at radius 3 is 2.57 bits per heavy atom. The van der Waals surface area contributed by atoms with E-state index in [1.54, 1.807) is 23.9 Å². The van der Waals surface area contributed by atoms with Gasteiger partial charge in [0.15, 0.2) is 11.5 Å². The summed E-state index contributed by atoms with van der Waals surface area (Å²) in [7, 11) is 2.75. The zero-order valence-corrected chi connectivity index (χ0v) is 12.9. The third-order valence-corrected chi connectivity index (χ3v) is 3.90. The lowest BCUT2D eigenvalue weighted by atomic mass is 10.2. The molecule has 21 heavy (non-hydrogen) atoms. The lowest BCUT2D eigenvalue weighted by Crippen LogP contribution is -2.08. The van der Waals surface area contributed by atoms with Crippen LogP contribution in [0, 0.1) is 0 Å². The second-order valence-electron chi connectivity index (χ2n) is 4.27. The van der Waals surface area contributed by atoms with Crippen molar-refractivity contribution < 1.29 is 27.8 Å². The lowest BCUT2D eigenvalue weighted by Gasteiger charge is -2.13. The van der Waals surface area contributed by atoms with Gasteiger partial charge in [-0.15, -0.1) is 0 Å². The van der Waals surface area contributed by atoms with E-state index in [0.717, 1.165) is 5.56 Å². The van der Waals surface area contributed by atoms with Crippen molar-refractivity contribution in [3.05, 3.63) is 23.8 Å². The van der Waals surface area contributed by atoms with Crippen molar-refractivity contribution in [2.24, 2.45) is 0 Å². The molecule has 0 bridgehead atoms. The van der Waals surface area contributed by atoms with Gasteiger partial charge in [0.05, 0.1) is 20.6 Å². The van der Waals surface area contributed by atoms with Gasteiger partial charge in [0.2, 0.25) is 0 Å². The molecule has 1 atom stereocenters. The largest absolute Gasteiger partial charge is 0.493 e. The quantitative estimate of drug-likeness (QED) is 0.686. The van der Waals surface area contributed by atoms with Crippen molar-refractivity contribution in [2.75, 3.05) is 14.2 Å². The lowest BCUT2D eigenvalue weighted by molar-refractivity contribution is -0.140. The van der Waals surface area contributed by atoms with Crippen LogP contribution >= 0.6 is 11.8 Å². The first-order chi connectivity index (χ1) is 9.96. The van der Waals surface area contributed by atoms with Crippen LogP contribution in [-0.2, 0) is 15.3 Å². The molecule has 0 saturated heterocycles. The van der Waals surface area contributed by atoms with Crippen LogP contribution in [0.2, 0.25) is 0 Å². The first-order valence-corrected chi connectivity index (χ1v) is 7.31. The fourth-order valence-corrected chi connectivity index (χ4v) is 2.52. The standard InChI is InChI=1S/C14H18F2O4S/c1-9(6-13(17)19-3)21-8-10-4-5-11(20-14(15)16)12(7-10)18-2/h4-5,7,9,14H,6,8H2,1-3H3. The molecule has 0 aliphatic rings. The number of benzene rings is 1. The topological polar surface area (TPSA) is 44.8 Å². The summed E-state index contributed by atoms with van der Waals surface area (Å²) in [4.78, 5) is 11.1. The smallest absolute Gasteiger partial charge is 0.387 e. The summed E-state index contributed by atoms with van der Waals surface area (Å²) in [5, 5.41) is 0.0976. The average Bonchev–Trinajstić information content (AvgIpc) is 2.45. The highest BCUT2D eigenvalue weighted by molar-refractivity contribution is 7.99. The Kier molecular flexibility index (Phi) is 7.28. The molecule has 0 aliphatic carbocycles. The van der Waals surface area contributed by atoms with E-state index >= 15 is 0 Å². The number of ether oxygens (including phenoxy) is 3. The number of carbonyl (C=O) groups excluding carboxylic acids is 1. The monoisotopic (exact) mass is 320 g/mol. The molecule has 0 aromatic heterocycles. The Labute approximate surface area is 126 Å². The highest BCUT2D eigenvalue weighted by Gasteiger charge is 2.13. The second kappa shape index (κ2) is 8.71. The molecule has 0 saturated carbocycles. The van der Waals surface area contributed by atoms with E-state index in [1.165, 1.54) is 20.3 Å². The number of carbonyl (C=O) groups is 1. The van der Waals surface area contributed by atoms with Gasteiger partial charge in [-0.25, -0.2) is 0 Å². The highest BCUT2D eigenvalue weighted by Crippen LogP contribution is 2.31. The Hall–Kier alpha value is -1.50. The predicted molar refractivity (Wildman–Crippen MR) is 77.0 cm³/mol. The number of hydrogen-bond donors (Lipinski definition) is 0. The number of alkyl halides is 2. The van der Waals surface area contributed by atoms with Crippen molar-refractivity contribution in [1.82, 2.24) is 0 Å². The molecule has 1 unspecified atom stereocenters. The van der Waals surface area contributed by atoms with Crippen LogP contribution in [0.4, 0.5) is 8.78 Å². The molecule has 0 N–H and O–H groups in total. The number of hydrogen-bond acceptors (Lipinski definition) is 5. The highest BCUT2D eigenvalue weighted by atomic mass is 32.2. The van der Waals surface area contributed by atoms with Gasteiger partial charge in [-0.1, -0.05) is 13.0 Å². The van der Waals surface area contributed by atoms with Crippen LogP contribution < -0.4 is 9.47 Å². The van der Waals surface area contributed by atoms with E-state index in [0.29, 0.717) is 12.2 Å². The van der Waals surface area contributed by atoms with E-state index in [2.05, 4.69) is 9.47 Å². The van der Waals surface area contributed by atoms with E-state index in [-0.39, 0.29) is 22.7 Å². The molecule has 0 aliphatic heterocycles. The first-order valence-electron chi connectivity index (χ1n) is 6.26. The summed E-state index contributed by atoms with van der Waals surface area (Å²) < 4.78 is 38.4. The van der Waals surface area contributed by atoms with Gasteiger partial charge in [-0.3, -0.25) is 4.79 Å². The normalized spacial score (nSPS) is 12.1. The van der Waals surface area contributed by atoms with Gasteiger partial charge in [-0.2, -0.15) is 20.5 Å². The number of rotatable bonds is 8. The maximum atomic E-state index is 12.2. The molecule has 0 amide bonds. The molecule has 118 valence electrons. The van der Waals surface area contributed by atoms with E-state index in [9.17, 15) is 13.6 Å². The molecule has 0 radical (unpaired) electrons. The fraction of sp³-hybridized carbons (Fsp3) is 0.500. The Morgan fingerprint density at radius 1 is 1.29 bits per heavy atom. The molecule has 1 aromatic carbocycles.